The van der Waals surface area contributed by atoms with E-state index in [0.29, 0.717) is 11.8 Å². The van der Waals surface area contributed by atoms with Crippen molar-refractivity contribution in [2.45, 2.75) is 6.18 Å². The third-order valence-electron chi connectivity index (χ3n) is 5.57. The average Bonchev–Trinajstić information content (AvgIpc) is 2.81. The molecule has 1 amide bonds. The van der Waals surface area contributed by atoms with Crippen LogP contribution in [-0.4, -0.2) is 48.5 Å². The molecule has 1 aliphatic heterocycles. The van der Waals surface area contributed by atoms with Crippen LogP contribution in [0, 0.1) is 10.1 Å². The number of amides is 1. The van der Waals surface area contributed by atoms with E-state index in [1.165, 1.54) is 0 Å². The van der Waals surface area contributed by atoms with Gasteiger partial charge in [0.15, 0.2) is 6.61 Å². The Morgan fingerprint density at radius 3 is 2.39 bits per heavy atom. The largest absolute Gasteiger partial charge is 0.483 e. The van der Waals surface area contributed by atoms with Crippen LogP contribution >= 0.6 is 0 Å². The zero-order valence-electron chi connectivity index (χ0n) is 17.4. The Labute approximate surface area is 187 Å². The fraction of sp³-hybridized carbons (Fsp3) is 0.261. The molecule has 1 fully saturated rings. The molecule has 1 saturated heterocycles. The standard InChI is InChI=1S/C23H20F3N3O4/c24-23(25,26)17-8-9-19(20(14-17)29(31)32)27-10-12-28(13-11-27)22(30)15-33-21-7-3-5-16-4-1-2-6-18(16)21/h1-9,14H,10-13,15H2. The molecule has 33 heavy (non-hydrogen) atoms. The fourth-order valence-electron chi connectivity index (χ4n) is 3.86. The molecule has 4 rings (SSSR count). The average molecular weight is 459 g/mol. The molecule has 0 unspecified atom stereocenters. The van der Waals surface area contributed by atoms with Crippen LogP contribution in [0.3, 0.4) is 0 Å². The lowest BCUT2D eigenvalue weighted by Gasteiger charge is -2.35. The molecule has 0 saturated carbocycles. The lowest BCUT2D eigenvalue weighted by Crippen LogP contribution is -2.50. The number of hydrogen-bond donors (Lipinski definition) is 0. The highest BCUT2D eigenvalue weighted by Gasteiger charge is 2.34. The number of halogens is 3. The molecule has 7 nitrogen and oxygen atoms in total. The second-order valence-electron chi connectivity index (χ2n) is 7.59. The van der Waals surface area contributed by atoms with Gasteiger partial charge in [0, 0.05) is 37.6 Å². The van der Waals surface area contributed by atoms with Crippen molar-refractivity contribution in [1.82, 2.24) is 4.90 Å². The first kappa shape index (κ1) is 22.4. The zero-order chi connectivity index (χ0) is 23.6. The summed E-state index contributed by atoms with van der Waals surface area (Å²) in [5.41, 5.74) is -1.58. The number of anilines is 1. The summed E-state index contributed by atoms with van der Waals surface area (Å²) < 4.78 is 44.5. The first-order valence-electron chi connectivity index (χ1n) is 10.2. The molecule has 10 heteroatoms. The van der Waals surface area contributed by atoms with E-state index in [2.05, 4.69) is 0 Å². The SMILES string of the molecule is O=C(COc1cccc2ccccc12)N1CCN(c2ccc(C(F)(F)F)cc2[N+](=O)[O-])CC1. The molecule has 3 aromatic rings. The number of fused-ring (bicyclic) bond motifs is 1. The van der Waals surface area contributed by atoms with Crippen LogP contribution in [0.25, 0.3) is 10.8 Å². The Kier molecular flexibility index (Phi) is 6.08. The first-order valence-corrected chi connectivity index (χ1v) is 10.2. The van der Waals surface area contributed by atoms with Gasteiger partial charge in [0.1, 0.15) is 11.4 Å². The van der Waals surface area contributed by atoms with Gasteiger partial charge in [-0.15, -0.1) is 0 Å². The number of alkyl halides is 3. The number of carbonyl (C=O) groups excluding carboxylic acids is 1. The van der Waals surface area contributed by atoms with Gasteiger partial charge in [0.2, 0.25) is 0 Å². The fourth-order valence-corrected chi connectivity index (χ4v) is 3.86. The number of rotatable bonds is 5. The number of carbonyl (C=O) groups is 1. The minimum atomic E-state index is -4.67. The van der Waals surface area contributed by atoms with Gasteiger partial charge in [-0.05, 0) is 23.6 Å². The van der Waals surface area contributed by atoms with E-state index in [1.807, 2.05) is 36.4 Å². The van der Waals surface area contributed by atoms with E-state index in [9.17, 15) is 28.1 Å². The normalized spacial score (nSPS) is 14.4. The molecule has 0 N–H and O–H groups in total. The summed E-state index contributed by atoms with van der Waals surface area (Å²) in [6, 6.07) is 15.7. The van der Waals surface area contributed by atoms with Crippen molar-refractivity contribution in [3.63, 3.8) is 0 Å². The van der Waals surface area contributed by atoms with Crippen molar-refractivity contribution < 1.29 is 27.6 Å². The van der Waals surface area contributed by atoms with Crippen LogP contribution in [0.15, 0.2) is 60.7 Å². The molecule has 172 valence electrons. The Morgan fingerprint density at radius 1 is 1.00 bits per heavy atom. The predicted octanol–water partition coefficient (Wildman–Crippen LogP) is 4.49. The monoisotopic (exact) mass is 459 g/mol. The van der Waals surface area contributed by atoms with Gasteiger partial charge < -0.3 is 14.5 Å². The molecule has 0 bridgehead atoms. The van der Waals surface area contributed by atoms with E-state index in [0.717, 1.165) is 22.9 Å². The summed E-state index contributed by atoms with van der Waals surface area (Å²) in [5.74, 6) is 0.366. The topological polar surface area (TPSA) is 75.9 Å². The van der Waals surface area contributed by atoms with Crippen molar-refractivity contribution in [3.05, 3.63) is 76.3 Å². The van der Waals surface area contributed by atoms with Gasteiger partial charge in [0.05, 0.1) is 10.5 Å². The van der Waals surface area contributed by atoms with Crippen molar-refractivity contribution in [3.8, 4) is 5.75 Å². The highest BCUT2D eigenvalue weighted by Crippen LogP contribution is 2.36. The van der Waals surface area contributed by atoms with Crippen LogP contribution in [-0.2, 0) is 11.0 Å². The molecule has 1 heterocycles. The van der Waals surface area contributed by atoms with E-state index in [1.54, 1.807) is 15.9 Å². The molecule has 0 spiro atoms. The Morgan fingerprint density at radius 2 is 1.70 bits per heavy atom. The third-order valence-corrected chi connectivity index (χ3v) is 5.57. The van der Waals surface area contributed by atoms with E-state index in [-0.39, 0.29) is 44.4 Å². The van der Waals surface area contributed by atoms with Crippen LogP contribution in [0.1, 0.15) is 5.56 Å². The number of piperazine rings is 1. The van der Waals surface area contributed by atoms with Crippen molar-refractivity contribution in [2.75, 3.05) is 37.7 Å². The van der Waals surface area contributed by atoms with Crippen LogP contribution in [0.4, 0.5) is 24.5 Å². The summed E-state index contributed by atoms with van der Waals surface area (Å²) in [7, 11) is 0. The summed E-state index contributed by atoms with van der Waals surface area (Å²) >= 11 is 0. The maximum absolute atomic E-state index is 12.9. The van der Waals surface area contributed by atoms with E-state index >= 15 is 0 Å². The van der Waals surface area contributed by atoms with Gasteiger partial charge in [-0.2, -0.15) is 13.2 Å². The number of ether oxygens (including phenoxy) is 1. The molecule has 3 aromatic carbocycles. The van der Waals surface area contributed by atoms with Gasteiger partial charge in [-0.3, -0.25) is 14.9 Å². The third kappa shape index (κ3) is 4.84. The van der Waals surface area contributed by atoms with Gasteiger partial charge in [-0.25, -0.2) is 0 Å². The summed E-state index contributed by atoms with van der Waals surface area (Å²) in [5, 5.41) is 13.2. The van der Waals surface area contributed by atoms with Gasteiger partial charge in [0.25, 0.3) is 11.6 Å². The second kappa shape index (κ2) is 8.97. The molecule has 0 atom stereocenters. The molecule has 0 aliphatic carbocycles. The quantitative estimate of drug-likeness (QED) is 0.415. The van der Waals surface area contributed by atoms with Gasteiger partial charge >= 0.3 is 6.18 Å². The van der Waals surface area contributed by atoms with Crippen LogP contribution in [0.5, 0.6) is 5.75 Å². The summed E-state index contributed by atoms with van der Waals surface area (Å²) in [4.78, 5) is 26.4. The van der Waals surface area contributed by atoms with E-state index < -0.39 is 22.4 Å². The van der Waals surface area contributed by atoms with Gasteiger partial charge in [-0.1, -0.05) is 36.4 Å². The maximum Gasteiger partial charge on any atom is 0.416 e. The van der Waals surface area contributed by atoms with Crippen molar-refractivity contribution >= 4 is 28.1 Å². The van der Waals surface area contributed by atoms with Crippen molar-refractivity contribution in [2.24, 2.45) is 0 Å². The maximum atomic E-state index is 12.9. The number of hydrogen-bond acceptors (Lipinski definition) is 5. The Balaban J connectivity index is 1.39. The minimum Gasteiger partial charge on any atom is -0.483 e. The molecular formula is C23H20F3N3O4. The van der Waals surface area contributed by atoms with Crippen molar-refractivity contribution in [1.29, 1.82) is 0 Å². The zero-order valence-corrected chi connectivity index (χ0v) is 17.4. The summed E-state index contributed by atoms with van der Waals surface area (Å²) in [6.45, 7) is 0.901. The molecule has 0 aromatic heterocycles. The number of nitro benzene ring substituents is 1. The smallest absolute Gasteiger partial charge is 0.416 e. The molecule has 0 radical (unpaired) electrons. The lowest BCUT2D eigenvalue weighted by atomic mass is 10.1. The molecule has 1 aliphatic rings. The van der Waals surface area contributed by atoms with E-state index in [4.69, 9.17) is 4.74 Å². The predicted molar refractivity (Wildman–Crippen MR) is 116 cm³/mol. The second-order valence-corrected chi connectivity index (χ2v) is 7.59. The Bertz CT molecular complexity index is 1190. The highest BCUT2D eigenvalue weighted by atomic mass is 19.4. The number of nitrogens with zero attached hydrogens (tertiary/aromatic N) is 3. The highest BCUT2D eigenvalue weighted by molar-refractivity contribution is 5.88. The van der Waals surface area contributed by atoms with Crippen LogP contribution < -0.4 is 9.64 Å². The summed E-state index contributed by atoms with van der Waals surface area (Å²) in [6.07, 6.45) is -4.67. The number of benzene rings is 3. The lowest BCUT2D eigenvalue weighted by molar-refractivity contribution is -0.384. The number of nitro groups is 1. The minimum absolute atomic E-state index is 0.104. The first-order chi connectivity index (χ1) is 15.7. The molecular weight excluding hydrogens is 439 g/mol. The van der Waals surface area contributed by atoms with Crippen LogP contribution in [0.2, 0.25) is 0 Å². The Hall–Kier alpha value is -3.82.